The van der Waals surface area contributed by atoms with E-state index in [4.69, 9.17) is 4.74 Å². The predicted octanol–water partition coefficient (Wildman–Crippen LogP) is 2.11. The zero-order chi connectivity index (χ0) is 20.1. The zero-order valence-corrected chi connectivity index (χ0v) is 16.0. The lowest BCUT2D eigenvalue weighted by atomic mass is 9.92. The van der Waals surface area contributed by atoms with E-state index in [1.165, 1.54) is 13.2 Å². The number of nitrogens with one attached hydrogen (secondary N) is 1. The first kappa shape index (κ1) is 19.9. The molecule has 0 saturated carbocycles. The number of methoxy groups -OCH3 is 1. The van der Waals surface area contributed by atoms with Gasteiger partial charge in [0, 0.05) is 36.5 Å². The van der Waals surface area contributed by atoms with Crippen molar-refractivity contribution in [2.75, 3.05) is 20.7 Å². The number of amides is 1. The molecule has 1 saturated heterocycles. The van der Waals surface area contributed by atoms with E-state index in [1.807, 2.05) is 18.2 Å². The highest BCUT2D eigenvalue weighted by molar-refractivity contribution is 5.83. The molecule has 0 radical (unpaired) electrons. The third-order valence-electron chi connectivity index (χ3n) is 5.23. The van der Waals surface area contributed by atoms with E-state index in [1.54, 1.807) is 36.3 Å². The van der Waals surface area contributed by atoms with Crippen LogP contribution in [0.2, 0.25) is 0 Å². The van der Waals surface area contributed by atoms with Crippen LogP contribution in [0.25, 0.3) is 0 Å². The molecular formula is C21H24FN3O3. The summed E-state index contributed by atoms with van der Waals surface area (Å²) in [7, 11) is 3.04. The fraction of sp³-hybridized carbons (Fsp3) is 0.381. The van der Waals surface area contributed by atoms with Gasteiger partial charge in [-0.05, 0) is 31.7 Å². The topological polar surface area (TPSA) is 71.5 Å². The molecule has 1 fully saturated rings. The molecule has 7 heteroatoms. The summed E-state index contributed by atoms with van der Waals surface area (Å²) in [5.74, 6) is -1.58. The molecule has 3 atom stereocenters. The van der Waals surface area contributed by atoms with Gasteiger partial charge in [-0.3, -0.25) is 19.5 Å². The SMILES string of the molecule is COC(=O)[C@@H]1C[C@H](C(=O)NCCc2ccccn2)[C@H](c2ccccc2F)N1C. The van der Waals surface area contributed by atoms with Gasteiger partial charge in [-0.1, -0.05) is 24.3 Å². The van der Waals surface area contributed by atoms with Crippen LogP contribution >= 0.6 is 0 Å². The second-order valence-electron chi connectivity index (χ2n) is 6.88. The van der Waals surface area contributed by atoms with Crippen molar-refractivity contribution in [3.05, 3.63) is 65.7 Å². The fourth-order valence-corrected chi connectivity index (χ4v) is 3.80. The van der Waals surface area contributed by atoms with Crippen molar-refractivity contribution in [1.82, 2.24) is 15.2 Å². The van der Waals surface area contributed by atoms with E-state index >= 15 is 0 Å². The number of hydrogen-bond acceptors (Lipinski definition) is 5. The first-order valence-electron chi connectivity index (χ1n) is 9.24. The molecule has 6 nitrogen and oxygen atoms in total. The highest BCUT2D eigenvalue weighted by Crippen LogP contribution is 2.41. The Hall–Kier alpha value is -2.80. The number of carbonyl (C=O) groups is 2. The summed E-state index contributed by atoms with van der Waals surface area (Å²) in [5.41, 5.74) is 1.28. The van der Waals surface area contributed by atoms with E-state index < -0.39 is 29.8 Å². The van der Waals surface area contributed by atoms with Crippen LogP contribution in [0.1, 0.15) is 23.7 Å². The van der Waals surface area contributed by atoms with Crippen LogP contribution in [-0.4, -0.2) is 48.5 Å². The first-order valence-corrected chi connectivity index (χ1v) is 9.24. The lowest BCUT2D eigenvalue weighted by Crippen LogP contribution is -2.37. The molecule has 2 aromatic rings. The fourth-order valence-electron chi connectivity index (χ4n) is 3.80. The standard InChI is InChI=1S/C21H24FN3O3/c1-25-18(21(27)28-2)13-16(19(25)15-8-3-4-9-17(15)22)20(26)24-12-10-14-7-5-6-11-23-14/h3-9,11,16,18-19H,10,12-13H2,1-2H3,(H,24,26)/t16-,18-,19-/m0/s1. The van der Waals surface area contributed by atoms with Crippen molar-refractivity contribution in [2.45, 2.75) is 24.9 Å². The summed E-state index contributed by atoms with van der Waals surface area (Å²) in [5, 5.41) is 2.91. The number of carbonyl (C=O) groups excluding carboxylic acids is 2. The van der Waals surface area contributed by atoms with E-state index in [-0.39, 0.29) is 12.3 Å². The van der Waals surface area contributed by atoms with E-state index in [9.17, 15) is 14.0 Å². The Balaban J connectivity index is 1.76. The number of likely N-dealkylation sites (N-methyl/N-ethyl adjacent to an activating group) is 1. The molecular weight excluding hydrogens is 361 g/mol. The van der Waals surface area contributed by atoms with Gasteiger partial charge in [0.2, 0.25) is 5.91 Å². The molecule has 1 aliphatic heterocycles. The van der Waals surface area contributed by atoms with Crippen LogP contribution in [0.3, 0.4) is 0 Å². The zero-order valence-electron chi connectivity index (χ0n) is 16.0. The second-order valence-corrected chi connectivity index (χ2v) is 6.88. The van der Waals surface area contributed by atoms with Gasteiger partial charge in [-0.25, -0.2) is 4.39 Å². The highest BCUT2D eigenvalue weighted by atomic mass is 19.1. The number of esters is 1. The molecule has 1 aliphatic rings. The summed E-state index contributed by atoms with van der Waals surface area (Å²) >= 11 is 0. The number of pyridine rings is 1. The van der Waals surface area contributed by atoms with E-state index in [0.717, 1.165) is 5.69 Å². The van der Waals surface area contributed by atoms with Gasteiger partial charge in [0.1, 0.15) is 11.9 Å². The monoisotopic (exact) mass is 385 g/mol. The molecule has 28 heavy (non-hydrogen) atoms. The number of nitrogens with zero attached hydrogens (tertiary/aromatic N) is 2. The predicted molar refractivity (Wildman–Crippen MR) is 102 cm³/mol. The first-order chi connectivity index (χ1) is 13.5. The molecule has 0 bridgehead atoms. The third kappa shape index (κ3) is 4.20. The van der Waals surface area contributed by atoms with Gasteiger partial charge in [0.25, 0.3) is 0 Å². The van der Waals surface area contributed by atoms with Gasteiger partial charge < -0.3 is 10.1 Å². The number of halogens is 1. The highest BCUT2D eigenvalue weighted by Gasteiger charge is 2.47. The largest absolute Gasteiger partial charge is 0.468 e. The van der Waals surface area contributed by atoms with Crippen molar-refractivity contribution < 1.29 is 18.7 Å². The lowest BCUT2D eigenvalue weighted by Gasteiger charge is -2.27. The quantitative estimate of drug-likeness (QED) is 0.772. The Morgan fingerprint density at radius 3 is 2.68 bits per heavy atom. The van der Waals surface area contributed by atoms with Crippen LogP contribution < -0.4 is 5.32 Å². The molecule has 1 amide bonds. The minimum atomic E-state index is -0.596. The van der Waals surface area contributed by atoms with Crippen LogP contribution in [0, 0.1) is 11.7 Å². The van der Waals surface area contributed by atoms with Crippen molar-refractivity contribution in [2.24, 2.45) is 5.92 Å². The Morgan fingerprint density at radius 1 is 1.25 bits per heavy atom. The Labute approximate surface area is 163 Å². The van der Waals surface area contributed by atoms with Crippen molar-refractivity contribution >= 4 is 11.9 Å². The maximum atomic E-state index is 14.5. The van der Waals surface area contributed by atoms with Crippen molar-refractivity contribution in [3.63, 3.8) is 0 Å². The maximum Gasteiger partial charge on any atom is 0.323 e. The molecule has 1 N–H and O–H groups in total. The summed E-state index contributed by atoms with van der Waals surface area (Å²) < 4.78 is 19.3. The number of aromatic nitrogens is 1. The lowest BCUT2D eigenvalue weighted by molar-refractivity contribution is -0.145. The maximum absolute atomic E-state index is 14.5. The smallest absolute Gasteiger partial charge is 0.323 e. The molecule has 1 aromatic carbocycles. The van der Waals surface area contributed by atoms with Gasteiger partial charge in [-0.2, -0.15) is 0 Å². The average molecular weight is 385 g/mol. The Morgan fingerprint density at radius 2 is 2.00 bits per heavy atom. The average Bonchev–Trinajstić information content (AvgIpc) is 3.05. The number of likely N-dealkylation sites (tertiary alicyclic amines) is 1. The number of benzene rings is 1. The normalized spacial score (nSPS) is 22.0. The minimum absolute atomic E-state index is 0.206. The molecule has 2 heterocycles. The summed E-state index contributed by atoms with van der Waals surface area (Å²) in [6.45, 7) is 0.420. The summed E-state index contributed by atoms with van der Waals surface area (Å²) in [6, 6.07) is 10.8. The number of rotatable bonds is 6. The van der Waals surface area contributed by atoms with Crippen LogP contribution in [0.4, 0.5) is 4.39 Å². The Bertz CT molecular complexity index is 831. The molecule has 3 rings (SSSR count). The van der Waals surface area contributed by atoms with Gasteiger partial charge in [-0.15, -0.1) is 0 Å². The van der Waals surface area contributed by atoms with Gasteiger partial charge in [0.15, 0.2) is 0 Å². The Kier molecular flexibility index (Phi) is 6.36. The molecule has 0 unspecified atom stereocenters. The number of hydrogen-bond donors (Lipinski definition) is 1. The second kappa shape index (κ2) is 8.93. The summed E-state index contributed by atoms with van der Waals surface area (Å²) in [6.07, 6.45) is 2.58. The molecule has 0 spiro atoms. The van der Waals surface area contributed by atoms with Crippen molar-refractivity contribution in [3.8, 4) is 0 Å². The molecule has 1 aromatic heterocycles. The van der Waals surface area contributed by atoms with Crippen molar-refractivity contribution in [1.29, 1.82) is 0 Å². The number of ether oxygens (including phenoxy) is 1. The van der Waals surface area contributed by atoms with Gasteiger partial charge in [0.05, 0.1) is 13.0 Å². The summed E-state index contributed by atoms with van der Waals surface area (Å²) in [4.78, 5) is 31.0. The third-order valence-corrected chi connectivity index (χ3v) is 5.23. The van der Waals surface area contributed by atoms with Crippen LogP contribution in [-0.2, 0) is 20.7 Å². The minimum Gasteiger partial charge on any atom is -0.468 e. The van der Waals surface area contributed by atoms with E-state index in [2.05, 4.69) is 10.3 Å². The van der Waals surface area contributed by atoms with E-state index in [0.29, 0.717) is 18.5 Å². The van der Waals surface area contributed by atoms with Crippen LogP contribution in [0.15, 0.2) is 48.7 Å². The van der Waals surface area contributed by atoms with Gasteiger partial charge >= 0.3 is 5.97 Å². The molecule has 148 valence electrons. The molecule has 0 aliphatic carbocycles. The van der Waals surface area contributed by atoms with Crippen LogP contribution in [0.5, 0.6) is 0 Å².